The molecule has 118 valence electrons. The van der Waals surface area contributed by atoms with Gasteiger partial charge in [-0.25, -0.2) is 0 Å². The number of hydrogen-bond donors (Lipinski definition) is 1. The Bertz CT molecular complexity index is 459. The van der Waals surface area contributed by atoms with Gasteiger partial charge in [0.1, 0.15) is 0 Å². The lowest BCUT2D eigenvalue weighted by Gasteiger charge is -2.08. The zero-order chi connectivity index (χ0) is 15.7. The fourth-order valence-corrected chi connectivity index (χ4v) is 3.86. The van der Waals surface area contributed by atoms with Gasteiger partial charge in [0.05, 0.1) is 10.0 Å². The predicted molar refractivity (Wildman–Crippen MR) is 96.4 cm³/mol. The molecule has 0 bridgehead atoms. The van der Waals surface area contributed by atoms with Gasteiger partial charge in [0.25, 0.3) is 0 Å². The maximum atomic E-state index is 11.7. The van der Waals surface area contributed by atoms with Crippen LogP contribution in [-0.2, 0) is 11.3 Å². The number of amides is 1. The van der Waals surface area contributed by atoms with Crippen LogP contribution >= 0.6 is 44.8 Å². The monoisotopic (exact) mass is 366 g/mol. The summed E-state index contributed by atoms with van der Waals surface area (Å²) in [6.45, 7) is 1.54. The highest BCUT2D eigenvalue weighted by molar-refractivity contribution is 8.76. The molecule has 0 unspecified atom stereocenters. The second-order valence-electron chi connectivity index (χ2n) is 4.72. The number of benzene rings is 1. The van der Waals surface area contributed by atoms with Crippen LogP contribution in [-0.4, -0.2) is 43.0 Å². The van der Waals surface area contributed by atoms with E-state index < -0.39 is 0 Å². The van der Waals surface area contributed by atoms with Gasteiger partial charge in [-0.1, -0.05) is 50.9 Å². The lowest BCUT2D eigenvalue weighted by molar-refractivity contribution is -0.120. The normalized spacial score (nSPS) is 10.9. The van der Waals surface area contributed by atoms with E-state index in [0.29, 0.717) is 23.0 Å². The molecular weight excluding hydrogens is 347 g/mol. The van der Waals surface area contributed by atoms with Gasteiger partial charge in [0, 0.05) is 31.0 Å². The van der Waals surface area contributed by atoms with Crippen molar-refractivity contribution in [3.8, 4) is 0 Å². The minimum Gasteiger partial charge on any atom is -0.352 e. The Morgan fingerprint density at radius 2 is 1.90 bits per heavy atom. The maximum absolute atomic E-state index is 11.7. The van der Waals surface area contributed by atoms with Crippen molar-refractivity contribution < 1.29 is 4.79 Å². The Kier molecular flexibility index (Phi) is 9.60. The Hall–Kier alpha value is -0.0700. The number of nitrogens with one attached hydrogen (secondary N) is 1. The first-order valence-electron chi connectivity index (χ1n) is 6.59. The quantitative estimate of drug-likeness (QED) is 0.529. The van der Waals surface area contributed by atoms with E-state index in [1.807, 2.05) is 6.07 Å². The smallest absolute Gasteiger partial charge is 0.221 e. The van der Waals surface area contributed by atoms with Crippen molar-refractivity contribution in [1.82, 2.24) is 10.2 Å². The third-order valence-corrected chi connectivity index (χ3v) is 5.72. The molecule has 1 aromatic carbocycles. The molecule has 1 N–H and O–H groups in total. The summed E-state index contributed by atoms with van der Waals surface area (Å²) < 4.78 is 0. The summed E-state index contributed by atoms with van der Waals surface area (Å²) in [6, 6.07) is 5.37. The summed E-state index contributed by atoms with van der Waals surface area (Å²) in [4.78, 5) is 13.9. The fourth-order valence-electron chi connectivity index (χ4n) is 1.41. The minimum absolute atomic E-state index is 0.0572. The molecule has 0 spiro atoms. The minimum atomic E-state index is 0.0572. The summed E-state index contributed by atoms with van der Waals surface area (Å²) in [5, 5.41) is 3.92. The molecule has 0 aromatic heterocycles. The SMILES string of the molecule is CN(C)CCSSCCC(=O)NCc1ccc(Cl)c(Cl)c1. The third kappa shape index (κ3) is 8.83. The number of rotatable bonds is 9. The highest BCUT2D eigenvalue weighted by Gasteiger charge is 2.04. The molecule has 0 saturated heterocycles. The molecule has 0 radical (unpaired) electrons. The summed E-state index contributed by atoms with van der Waals surface area (Å²) in [5.74, 6) is 1.95. The van der Waals surface area contributed by atoms with Gasteiger partial charge in [0.15, 0.2) is 0 Å². The highest BCUT2D eigenvalue weighted by atomic mass is 35.5. The molecule has 0 saturated carbocycles. The van der Waals surface area contributed by atoms with Gasteiger partial charge in [-0.15, -0.1) is 0 Å². The van der Waals surface area contributed by atoms with E-state index in [0.717, 1.165) is 23.6 Å². The van der Waals surface area contributed by atoms with Gasteiger partial charge in [-0.2, -0.15) is 0 Å². The molecule has 1 amide bonds. The molecule has 0 atom stereocenters. The molecule has 7 heteroatoms. The Morgan fingerprint density at radius 1 is 1.19 bits per heavy atom. The maximum Gasteiger partial charge on any atom is 0.221 e. The van der Waals surface area contributed by atoms with E-state index in [1.165, 1.54) is 0 Å². The van der Waals surface area contributed by atoms with Gasteiger partial charge < -0.3 is 10.2 Å². The van der Waals surface area contributed by atoms with Crippen LogP contribution in [0.5, 0.6) is 0 Å². The second kappa shape index (κ2) is 10.6. The topological polar surface area (TPSA) is 32.3 Å². The van der Waals surface area contributed by atoms with Crippen LogP contribution in [0.25, 0.3) is 0 Å². The Morgan fingerprint density at radius 3 is 2.57 bits per heavy atom. The van der Waals surface area contributed by atoms with Crippen LogP contribution < -0.4 is 5.32 Å². The van der Waals surface area contributed by atoms with Crippen molar-refractivity contribution in [3.05, 3.63) is 33.8 Å². The summed E-state index contributed by atoms with van der Waals surface area (Å²) >= 11 is 11.8. The van der Waals surface area contributed by atoms with E-state index in [-0.39, 0.29) is 5.91 Å². The number of hydrogen-bond acceptors (Lipinski definition) is 4. The number of nitrogens with zero attached hydrogens (tertiary/aromatic N) is 1. The first kappa shape index (κ1) is 19.0. The Balaban J connectivity index is 2.12. The van der Waals surface area contributed by atoms with E-state index in [1.54, 1.807) is 33.7 Å². The van der Waals surface area contributed by atoms with Gasteiger partial charge in [-0.05, 0) is 31.8 Å². The van der Waals surface area contributed by atoms with E-state index in [9.17, 15) is 4.79 Å². The molecule has 0 fully saturated rings. The first-order chi connectivity index (χ1) is 9.99. The second-order valence-corrected chi connectivity index (χ2v) is 8.24. The van der Waals surface area contributed by atoms with Crippen molar-refractivity contribution in [2.24, 2.45) is 0 Å². The largest absolute Gasteiger partial charge is 0.352 e. The number of halogens is 2. The summed E-state index contributed by atoms with van der Waals surface area (Å²) in [7, 11) is 7.66. The Labute approximate surface area is 144 Å². The molecule has 0 heterocycles. The van der Waals surface area contributed by atoms with E-state index in [2.05, 4.69) is 24.3 Å². The van der Waals surface area contributed by atoms with Crippen molar-refractivity contribution in [1.29, 1.82) is 0 Å². The molecular formula is C14H20Cl2N2OS2. The van der Waals surface area contributed by atoms with Crippen molar-refractivity contribution >= 4 is 50.7 Å². The lowest BCUT2D eigenvalue weighted by atomic mass is 10.2. The summed E-state index contributed by atoms with van der Waals surface area (Å²) in [6.07, 6.45) is 0.529. The average Bonchev–Trinajstić information content (AvgIpc) is 2.43. The standard InChI is InChI=1S/C14H20Cl2N2OS2/c1-18(2)6-8-21-20-7-5-14(19)17-10-11-3-4-12(15)13(16)9-11/h3-4,9H,5-8,10H2,1-2H3,(H,17,19). The predicted octanol–water partition coefficient (Wildman–Crippen LogP) is 3.94. The van der Waals surface area contributed by atoms with Gasteiger partial charge in [-0.3, -0.25) is 4.79 Å². The van der Waals surface area contributed by atoms with Gasteiger partial charge >= 0.3 is 0 Å². The zero-order valence-electron chi connectivity index (χ0n) is 12.2. The third-order valence-electron chi connectivity index (χ3n) is 2.59. The van der Waals surface area contributed by atoms with Crippen molar-refractivity contribution in [2.45, 2.75) is 13.0 Å². The van der Waals surface area contributed by atoms with E-state index >= 15 is 0 Å². The number of carbonyl (C=O) groups is 1. The molecule has 21 heavy (non-hydrogen) atoms. The van der Waals surface area contributed by atoms with Crippen LogP contribution in [0.1, 0.15) is 12.0 Å². The fraction of sp³-hybridized carbons (Fsp3) is 0.500. The molecule has 0 aliphatic rings. The van der Waals surface area contributed by atoms with Crippen molar-refractivity contribution in [3.63, 3.8) is 0 Å². The van der Waals surface area contributed by atoms with Crippen LogP contribution in [0, 0.1) is 0 Å². The van der Waals surface area contributed by atoms with Crippen molar-refractivity contribution in [2.75, 3.05) is 32.1 Å². The van der Waals surface area contributed by atoms with Crippen LogP contribution in [0.15, 0.2) is 18.2 Å². The van der Waals surface area contributed by atoms with E-state index in [4.69, 9.17) is 23.2 Å². The highest BCUT2D eigenvalue weighted by Crippen LogP contribution is 2.23. The molecule has 3 nitrogen and oxygen atoms in total. The lowest BCUT2D eigenvalue weighted by Crippen LogP contribution is -2.22. The molecule has 0 aliphatic carbocycles. The number of carbonyl (C=O) groups excluding carboxylic acids is 1. The molecule has 1 aromatic rings. The molecule has 1 rings (SSSR count). The molecule has 0 aliphatic heterocycles. The van der Waals surface area contributed by atoms with Gasteiger partial charge in [0.2, 0.25) is 5.91 Å². The first-order valence-corrected chi connectivity index (χ1v) is 9.83. The van der Waals surface area contributed by atoms with Crippen LogP contribution in [0.2, 0.25) is 10.0 Å². The average molecular weight is 367 g/mol. The van der Waals surface area contributed by atoms with Crippen LogP contribution in [0.4, 0.5) is 0 Å². The zero-order valence-corrected chi connectivity index (χ0v) is 15.3. The summed E-state index contributed by atoms with van der Waals surface area (Å²) in [5.41, 5.74) is 0.950. The van der Waals surface area contributed by atoms with Crippen LogP contribution in [0.3, 0.4) is 0 Å².